The van der Waals surface area contributed by atoms with Gasteiger partial charge in [0.15, 0.2) is 0 Å². The number of aromatic carboxylic acids is 1. The lowest BCUT2D eigenvalue weighted by Gasteiger charge is -2.38. The van der Waals surface area contributed by atoms with Crippen LogP contribution in [-0.4, -0.2) is 5.97 Å². The summed E-state index contributed by atoms with van der Waals surface area (Å²) < 4.78 is 0. The van der Waals surface area contributed by atoms with E-state index >= 15 is 0 Å². The molecule has 0 radical (unpaired) electrons. The molecule has 1 aliphatic carbocycles. The smallest absolute Gasteiger partial charge is 0.0715 e. The van der Waals surface area contributed by atoms with Crippen LogP contribution in [0.4, 0.5) is 5.69 Å². The fourth-order valence-corrected chi connectivity index (χ4v) is 4.29. The second-order valence-corrected chi connectivity index (χ2v) is 7.02. The van der Waals surface area contributed by atoms with Gasteiger partial charge >= 0.3 is 0 Å². The minimum Gasteiger partial charge on any atom is -0.545 e. The van der Waals surface area contributed by atoms with E-state index in [1.165, 1.54) is 0 Å². The quantitative estimate of drug-likeness (QED) is 0.819. The highest BCUT2D eigenvalue weighted by Crippen LogP contribution is 2.53. The maximum atomic E-state index is 10.9. The molecule has 2 aromatic rings. The molecule has 1 aliphatic heterocycles. The fourth-order valence-electron chi connectivity index (χ4n) is 3.79. The molecule has 3 nitrogen and oxygen atoms in total. The number of carbonyl (C=O) groups is 1. The highest BCUT2D eigenvalue weighted by Gasteiger charge is 2.39. The van der Waals surface area contributed by atoms with Crippen LogP contribution in [0.5, 0.6) is 0 Å². The molecular weight excluding hydrogens is 345 g/mol. The van der Waals surface area contributed by atoms with Gasteiger partial charge in [0.25, 0.3) is 0 Å². The van der Waals surface area contributed by atoms with Crippen LogP contribution in [0, 0.1) is 5.92 Å². The van der Waals surface area contributed by atoms with E-state index in [4.69, 9.17) is 23.2 Å². The molecule has 0 amide bonds. The van der Waals surface area contributed by atoms with Crippen molar-refractivity contribution in [3.63, 3.8) is 0 Å². The lowest BCUT2D eigenvalue weighted by molar-refractivity contribution is -0.255. The first-order chi connectivity index (χ1) is 11.6. The van der Waals surface area contributed by atoms with Gasteiger partial charge in [-0.2, -0.15) is 0 Å². The molecule has 122 valence electrons. The van der Waals surface area contributed by atoms with Gasteiger partial charge in [0, 0.05) is 16.5 Å². The topological polar surface area (TPSA) is 52.2 Å². The molecule has 2 aliphatic rings. The number of carboxylic acid groups (broad SMARTS) is 1. The molecule has 0 spiro atoms. The molecule has 1 N–H and O–H groups in total. The Labute approximate surface area is 149 Å². The number of halogens is 2. The molecule has 5 heteroatoms. The van der Waals surface area contributed by atoms with Gasteiger partial charge in [-0.3, -0.25) is 0 Å². The Hall–Kier alpha value is -1.97. The summed E-state index contributed by atoms with van der Waals surface area (Å²) in [4.78, 5) is 10.9. The zero-order valence-electron chi connectivity index (χ0n) is 12.6. The maximum absolute atomic E-state index is 10.9. The van der Waals surface area contributed by atoms with Crippen LogP contribution in [0.2, 0.25) is 10.0 Å². The van der Waals surface area contributed by atoms with Crippen molar-refractivity contribution in [1.29, 1.82) is 0 Å². The van der Waals surface area contributed by atoms with Crippen molar-refractivity contribution in [2.24, 2.45) is 5.92 Å². The number of carboxylic acids is 1. The summed E-state index contributed by atoms with van der Waals surface area (Å²) in [7, 11) is 0. The van der Waals surface area contributed by atoms with Crippen LogP contribution < -0.4 is 10.4 Å². The maximum Gasteiger partial charge on any atom is 0.0715 e. The Balaban J connectivity index is 1.78. The number of hydrogen-bond acceptors (Lipinski definition) is 3. The second-order valence-electron chi connectivity index (χ2n) is 6.20. The number of fused-ring (bicyclic) bond motifs is 3. The molecule has 0 aromatic heterocycles. The molecule has 2 aromatic carbocycles. The first-order valence-corrected chi connectivity index (χ1v) is 8.54. The van der Waals surface area contributed by atoms with Gasteiger partial charge in [-0.05, 0) is 35.6 Å². The van der Waals surface area contributed by atoms with E-state index in [2.05, 4.69) is 17.5 Å². The van der Waals surface area contributed by atoms with E-state index in [1.54, 1.807) is 18.2 Å². The van der Waals surface area contributed by atoms with Crippen LogP contribution in [0.1, 0.15) is 39.9 Å². The average Bonchev–Trinajstić information content (AvgIpc) is 3.07. The highest BCUT2D eigenvalue weighted by atomic mass is 35.5. The van der Waals surface area contributed by atoms with E-state index in [9.17, 15) is 9.90 Å². The molecule has 1 heterocycles. The van der Waals surface area contributed by atoms with Crippen molar-refractivity contribution in [2.45, 2.75) is 18.4 Å². The van der Waals surface area contributed by atoms with E-state index in [0.29, 0.717) is 16.0 Å². The Bertz CT molecular complexity index is 845. The van der Waals surface area contributed by atoms with Crippen LogP contribution in [0.3, 0.4) is 0 Å². The average molecular weight is 359 g/mol. The van der Waals surface area contributed by atoms with Gasteiger partial charge < -0.3 is 15.2 Å². The number of nitrogens with one attached hydrogen (secondary N) is 1. The molecular formula is C19H14Cl2NO2-. The number of allylic oxidation sites excluding steroid dienone is 2. The summed E-state index contributed by atoms with van der Waals surface area (Å²) in [6, 6.07) is 10.5. The number of carbonyl (C=O) groups excluding carboxylic acids is 1. The second kappa shape index (κ2) is 5.83. The van der Waals surface area contributed by atoms with Crippen molar-refractivity contribution in [2.75, 3.05) is 5.32 Å². The minimum atomic E-state index is -1.17. The van der Waals surface area contributed by atoms with Crippen LogP contribution >= 0.6 is 23.2 Å². The minimum absolute atomic E-state index is 0.0456. The van der Waals surface area contributed by atoms with E-state index in [-0.39, 0.29) is 17.5 Å². The third-order valence-electron chi connectivity index (χ3n) is 4.92. The van der Waals surface area contributed by atoms with Gasteiger partial charge in [-0.25, -0.2) is 0 Å². The predicted molar refractivity (Wildman–Crippen MR) is 93.6 cm³/mol. The number of benzene rings is 2. The fraction of sp³-hybridized carbons (Fsp3) is 0.211. The zero-order chi connectivity index (χ0) is 16.8. The van der Waals surface area contributed by atoms with Gasteiger partial charge in [-0.1, -0.05) is 59.6 Å². The van der Waals surface area contributed by atoms with Gasteiger partial charge in [-0.15, -0.1) is 0 Å². The lowest BCUT2D eigenvalue weighted by Crippen LogP contribution is -2.29. The van der Waals surface area contributed by atoms with Crippen molar-refractivity contribution in [3.05, 3.63) is 75.3 Å². The highest BCUT2D eigenvalue weighted by molar-refractivity contribution is 6.36. The summed E-state index contributed by atoms with van der Waals surface area (Å²) in [5.74, 6) is -0.640. The number of rotatable bonds is 2. The first-order valence-electron chi connectivity index (χ1n) is 7.78. The molecule has 24 heavy (non-hydrogen) atoms. The molecule has 3 atom stereocenters. The molecule has 0 bridgehead atoms. The number of hydrogen-bond donors (Lipinski definition) is 1. The largest absolute Gasteiger partial charge is 0.545 e. The Morgan fingerprint density at radius 3 is 2.50 bits per heavy atom. The first kappa shape index (κ1) is 15.6. The summed E-state index contributed by atoms with van der Waals surface area (Å²) in [5.41, 5.74) is 3.12. The van der Waals surface area contributed by atoms with E-state index < -0.39 is 5.97 Å². The third-order valence-corrected chi connectivity index (χ3v) is 5.57. The summed E-state index contributed by atoms with van der Waals surface area (Å²) in [6.07, 6.45) is 5.30. The van der Waals surface area contributed by atoms with Crippen LogP contribution in [0.25, 0.3) is 0 Å². The Kier molecular flexibility index (Phi) is 3.78. The Morgan fingerprint density at radius 1 is 1.08 bits per heavy atom. The van der Waals surface area contributed by atoms with Crippen molar-refractivity contribution in [1.82, 2.24) is 0 Å². The molecule has 0 saturated heterocycles. The van der Waals surface area contributed by atoms with Crippen LogP contribution in [0.15, 0.2) is 48.6 Å². The standard InChI is InChI=1S/C19H15Cl2NO2/c20-14-8-9-15(21)18-16(14)12-2-1-3-13(12)17(22-18)10-4-6-11(7-5-10)19(23)24/h1-2,4-9,12-13,17,22H,3H2,(H,23,24)/p-1/t12-,13-,17+/m1/s1. The van der Waals surface area contributed by atoms with Crippen molar-refractivity contribution in [3.8, 4) is 0 Å². The monoisotopic (exact) mass is 358 g/mol. The van der Waals surface area contributed by atoms with Gasteiger partial charge in [0.1, 0.15) is 0 Å². The summed E-state index contributed by atoms with van der Waals surface area (Å²) in [5, 5.41) is 15.8. The lowest BCUT2D eigenvalue weighted by atomic mass is 9.77. The summed E-state index contributed by atoms with van der Waals surface area (Å²) in [6.45, 7) is 0. The third kappa shape index (κ3) is 2.40. The normalized spacial score (nSPS) is 24.2. The molecule has 4 rings (SSSR count). The number of anilines is 1. The van der Waals surface area contributed by atoms with Crippen molar-refractivity contribution < 1.29 is 9.90 Å². The van der Waals surface area contributed by atoms with Gasteiger partial charge in [0.2, 0.25) is 0 Å². The molecule has 0 unspecified atom stereocenters. The Morgan fingerprint density at radius 2 is 1.79 bits per heavy atom. The van der Waals surface area contributed by atoms with Gasteiger partial charge in [0.05, 0.1) is 22.7 Å². The SMILES string of the molecule is O=C([O-])c1ccc([C@@H]2Nc3c(Cl)ccc(Cl)c3[C@@H]3C=CC[C@H]32)cc1. The van der Waals surface area contributed by atoms with Crippen molar-refractivity contribution >= 4 is 34.9 Å². The predicted octanol–water partition coefficient (Wildman–Crippen LogP) is 4.18. The van der Waals surface area contributed by atoms with E-state index in [1.807, 2.05) is 18.2 Å². The summed E-state index contributed by atoms with van der Waals surface area (Å²) >= 11 is 12.8. The molecule has 0 saturated carbocycles. The van der Waals surface area contributed by atoms with Crippen LogP contribution in [-0.2, 0) is 0 Å². The zero-order valence-corrected chi connectivity index (χ0v) is 14.1. The molecule has 0 fully saturated rings. The van der Waals surface area contributed by atoms with E-state index in [0.717, 1.165) is 23.2 Å².